The van der Waals surface area contributed by atoms with Crippen LogP contribution in [0.5, 0.6) is 0 Å². The van der Waals surface area contributed by atoms with Gasteiger partial charge in [0.15, 0.2) is 0 Å². The lowest BCUT2D eigenvalue weighted by Crippen LogP contribution is -2.49. The van der Waals surface area contributed by atoms with Gasteiger partial charge in [0, 0.05) is 37.9 Å². The summed E-state index contributed by atoms with van der Waals surface area (Å²) in [5.41, 5.74) is 2.70. The molecule has 0 spiro atoms. The number of aromatic nitrogens is 4. The SMILES string of the molecule is Cc1ccc(S(=O)(=O)N2CCN(c3cc(C)nc4ncnn34)CC2)c(C)c1. The number of hydrogen-bond donors (Lipinski definition) is 0. The monoisotopic (exact) mass is 386 g/mol. The van der Waals surface area contributed by atoms with Crippen molar-refractivity contribution in [3.63, 3.8) is 0 Å². The molecule has 1 aromatic carbocycles. The van der Waals surface area contributed by atoms with E-state index in [-0.39, 0.29) is 0 Å². The summed E-state index contributed by atoms with van der Waals surface area (Å²) in [5, 5.41) is 4.24. The van der Waals surface area contributed by atoms with E-state index in [1.807, 2.05) is 39.0 Å². The Bertz CT molecular complexity index is 1100. The molecule has 0 bridgehead atoms. The van der Waals surface area contributed by atoms with E-state index in [0.29, 0.717) is 36.9 Å². The van der Waals surface area contributed by atoms with Crippen molar-refractivity contribution in [2.75, 3.05) is 31.1 Å². The average Bonchev–Trinajstić information content (AvgIpc) is 3.09. The van der Waals surface area contributed by atoms with Crippen LogP contribution in [-0.2, 0) is 10.0 Å². The molecule has 0 atom stereocenters. The first-order chi connectivity index (χ1) is 12.9. The second-order valence-electron chi connectivity index (χ2n) is 6.89. The third kappa shape index (κ3) is 3.17. The minimum atomic E-state index is -3.50. The van der Waals surface area contributed by atoms with Crippen molar-refractivity contribution >= 4 is 21.6 Å². The van der Waals surface area contributed by atoms with Gasteiger partial charge in [-0.2, -0.15) is 18.9 Å². The van der Waals surface area contributed by atoms with E-state index in [4.69, 9.17) is 0 Å². The molecule has 1 aliphatic heterocycles. The van der Waals surface area contributed by atoms with Gasteiger partial charge in [0.1, 0.15) is 12.1 Å². The molecule has 142 valence electrons. The minimum Gasteiger partial charge on any atom is -0.354 e. The van der Waals surface area contributed by atoms with Gasteiger partial charge in [-0.3, -0.25) is 0 Å². The number of benzene rings is 1. The first kappa shape index (κ1) is 17.9. The molecule has 27 heavy (non-hydrogen) atoms. The van der Waals surface area contributed by atoms with Crippen LogP contribution >= 0.6 is 0 Å². The zero-order valence-corrected chi connectivity index (χ0v) is 16.4. The fourth-order valence-corrected chi connectivity index (χ4v) is 5.15. The first-order valence-corrected chi connectivity index (χ1v) is 10.3. The topological polar surface area (TPSA) is 83.7 Å². The summed E-state index contributed by atoms with van der Waals surface area (Å²) in [6.07, 6.45) is 1.48. The second kappa shape index (κ2) is 6.58. The van der Waals surface area contributed by atoms with Gasteiger partial charge < -0.3 is 4.90 Å². The van der Waals surface area contributed by atoms with Crippen LogP contribution in [-0.4, -0.2) is 58.5 Å². The van der Waals surface area contributed by atoms with Crippen LogP contribution in [0, 0.1) is 20.8 Å². The van der Waals surface area contributed by atoms with E-state index in [9.17, 15) is 8.42 Å². The molecule has 0 aliphatic carbocycles. The van der Waals surface area contributed by atoms with Crippen molar-refractivity contribution in [3.05, 3.63) is 47.4 Å². The summed E-state index contributed by atoms with van der Waals surface area (Å²) in [7, 11) is -3.50. The van der Waals surface area contributed by atoms with E-state index >= 15 is 0 Å². The Balaban J connectivity index is 1.57. The Morgan fingerprint density at radius 2 is 1.74 bits per heavy atom. The van der Waals surface area contributed by atoms with E-state index in [2.05, 4.69) is 20.0 Å². The second-order valence-corrected chi connectivity index (χ2v) is 8.79. The highest BCUT2D eigenvalue weighted by atomic mass is 32.2. The molecule has 4 rings (SSSR count). The van der Waals surface area contributed by atoms with Crippen LogP contribution in [0.25, 0.3) is 5.78 Å². The zero-order chi connectivity index (χ0) is 19.2. The number of nitrogens with zero attached hydrogens (tertiary/aromatic N) is 6. The molecule has 0 radical (unpaired) electrons. The van der Waals surface area contributed by atoms with Gasteiger partial charge in [-0.1, -0.05) is 17.7 Å². The first-order valence-electron chi connectivity index (χ1n) is 8.86. The van der Waals surface area contributed by atoms with E-state index in [0.717, 1.165) is 22.6 Å². The predicted molar refractivity (Wildman–Crippen MR) is 102 cm³/mol. The van der Waals surface area contributed by atoms with Gasteiger partial charge in [0.2, 0.25) is 10.0 Å². The fourth-order valence-electron chi connectivity index (χ4n) is 3.52. The molecule has 1 fully saturated rings. The standard InChI is InChI=1S/C18H22N6O2S/c1-13-4-5-16(14(2)10-13)27(25,26)23-8-6-22(7-9-23)17-11-15(3)21-18-19-12-20-24(17)18/h4-5,10-12H,6-9H2,1-3H3. The molecule has 9 heteroatoms. The molecule has 3 heterocycles. The summed E-state index contributed by atoms with van der Waals surface area (Å²) in [5.74, 6) is 1.44. The summed E-state index contributed by atoms with van der Waals surface area (Å²) in [6, 6.07) is 7.41. The molecule has 1 aliphatic rings. The predicted octanol–water partition coefficient (Wildman–Crippen LogP) is 1.56. The lowest BCUT2D eigenvalue weighted by Gasteiger charge is -2.35. The van der Waals surface area contributed by atoms with Crippen LogP contribution in [0.4, 0.5) is 5.82 Å². The van der Waals surface area contributed by atoms with Crippen molar-refractivity contribution < 1.29 is 8.42 Å². The van der Waals surface area contributed by atoms with Gasteiger partial charge in [0.05, 0.1) is 4.90 Å². The Morgan fingerprint density at radius 3 is 2.44 bits per heavy atom. The fraction of sp³-hybridized carbons (Fsp3) is 0.389. The summed E-state index contributed by atoms with van der Waals surface area (Å²) in [4.78, 5) is 11.0. The highest BCUT2D eigenvalue weighted by Gasteiger charge is 2.30. The van der Waals surface area contributed by atoms with Crippen molar-refractivity contribution in [2.45, 2.75) is 25.7 Å². The molecule has 0 amide bonds. The molecule has 2 aromatic heterocycles. The van der Waals surface area contributed by atoms with E-state index in [1.54, 1.807) is 14.9 Å². The number of anilines is 1. The average molecular weight is 386 g/mol. The normalized spacial score (nSPS) is 16.2. The molecule has 1 saturated heterocycles. The zero-order valence-electron chi connectivity index (χ0n) is 15.6. The Morgan fingerprint density at radius 1 is 1.00 bits per heavy atom. The number of piperazine rings is 1. The number of hydrogen-bond acceptors (Lipinski definition) is 6. The lowest BCUT2D eigenvalue weighted by molar-refractivity contribution is 0.382. The van der Waals surface area contributed by atoms with Gasteiger partial charge in [-0.05, 0) is 32.4 Å². The maximum Gasteiger partial charge on any atom is 0.254 e. The van der Waals surface area contributed by atoms with Crippen LogP contribution in [0.1, 0.15) is 16.8 Å². The highest BCUT2D eigenvalue weighted by molar-refractivity contribution is 7.89. The Hall–Kier alpha value is -2.52. The smallest absolute Gasteiger partial charge is 0.254 e. The summed E-state index contributed by atoms with van der Waals surface area (Å²) >= 11 is 0. The van der Waals surface area contributed by atoms with Gasteiger partial charge in [-0.15, -0.1) is 0 Å². The molecular weight excluding hydrogens is 364 g/mol. The molecule has 0 saturated carbocycles. The Kier molecular flexibility index (Phi) is 4.35. The van der Waals surface area contributed by atoms with Gasteiger partial charge in [0.25, 0.3) is 5.78 Å². The molecule has 0 N–H and O–H groups in total. The number of rotatable bonds is 3. The van der Waals surface area contributed by atoms with Crippen LogP contribution in [0.15, 0.2) is 35.5 Å². The van der Waals surface area contributed by atoms with E-state index < -0.39 is 10.0 Å². The van der Waals surface area contributed by atoms with Gasteiger partial charge in [-0.25, -0.2) is 13.4 Å². The molecular formula is C18H22N6O2S. The van der Waals surface area contributed by atoms with Crippen molar-refractivity contribution in [1.29, 1.82) is 0 Å². The minimum absolute atomic E-state index is 0.389. The maximum absolute atomic E-state index is 13.1. The van der Waals surface area contributed by atoms with Crippen LogP contribution < -0.4 is 4.90 Å². The lowest BCUT2D eigenvalue weighted by atomic mass is 10.2. The third-order valence-corrected chi connectivity index (χ3v) is 6.93. The van der Waals surface area contributed by atoms with Crippen molar-refractivity contribution in [2.24, 2.45) is 0 Å². The van der Waals surface area contributed by atoms with E-state index in [1.165, 1.54) is 6.33 Å². The van der Waals surface area contributed by atoms with Crippen molar-refractivity contribution in [3.8, 4) is 0 Å². The number of sulfonamides is 1. The molecule has 8 nitrogen and oxygen atoms in total. The van der Waals surface area contributed by atoms with Crippen LogP contribution in [0.2, 0.25) is 0 Å². The largest absolute Gasteiger partial charge is 0.354 e. The number of fused-ring (bicyclic) bond motifs is 1. The van der Waals surface area contributed by atoms with Gasteiger partial charge >= 0.3 is 0 Å². The van der Waals surface area contributed by atoms with Crippen LogP contribution in [0.3, 0.4) is 0 Å². The summed E-state index contributed by atoms with van der Waals surface area (Å²) in [6.45, 7) is 7.74. The quantitative estimate of drug-likeness (QED) is 0.679. The Labute approximate surface area is 158 Å². The van der Waals surface area contributed by atoms with Crippen molar-refractivity contribution in [1.82, 2.24) is 23.9 Å². The third-order valence-electron chi connectivity index (χ3n) is 4.87. The maximum atomic E-state index is 13.1. The highest BCUT2D eigenvalue weighted by Crippen LogP contribution is 2.24. The number of aryl methyl sites for hydroxylation is 3. The molecule has 3 aromatic rings. The molecule has 0 unspecified atom stereocenters. The summed E-state index contributed by atoms with van der Waals surface area (Å²) < 4.78 is 29.4.